The molecule has 0 nitrogen and oxygen atoms in total. The molecule has 0 radical (unpaired) electrons. The van der Waals surface area contributed by atoms with Crippen LogP contribution in [0.15, 0.2) is 60.7 Å². The van der Waals surface area contributed by atoms with Gasteiger partial charge in [-0.1, -0.05) is 36.4 Å². The number of benzene rings is 4. The van der Waals surface area contributed by atoms with E-state index in [-0.39, 0.29) is 11.6 Å². The lowest BCUT2D eigenvalue weighted by atomic mass is 9.98. The van der Waals surface area contributed by atoms with Crippen molar-refractivity contribution >= 4 is 136 Å². The Morgan fingerprint density at radius 2 is 0.818 bits per heavy atom. The van der Waals surface area contributed by atoms with Gasteiger partial charge in [-0.15, -0.1) is 0 Å². The molecule has 0 fully saturated rings. The van der Waals surface area contributed by atoms with Gasteiger partial charge in [0.2, 0.25) is 0 Å². The highest BCUT2D eigenvalue weighted by atomic mass is 127. The van der Waals surface area contributed by atoms with Crippen molar-refractivity contribution < 1.29 is 8.78 Å². The smallest absolute Gasteiger partial charge is 0.137 e. The van der Waals surface area contributed by atoms with E-state index < -0.39 is 0 Å². The SMILES string of the molecule is Fc1ccc(-c2ccc(Cc3ccc(-c4ccc(F)c(I)c4I)c(I)c3)cc2I)c(I)c1I. The molecule has 0 unspecified atom stereocenters. The summed E-state index contributed by atoms with van der Waals surface area (Å²) in [6.45, 7) is 0. The van der Waals surface area contributed by atoms with Gasteiger partial charge >= 0.3 is 0 Å². The lowest BCUT2D eigenvalue weighted by Gasteiger charge is -2.13. The molecule has 0 aliphatic heterocycles. The van der Waals surface area contributed by atoms with Crippen LogP contribution in [0.4, 0.5) is 8.78 Å². The first-order valence-corrected chi connectivity index (χ1v) is 16.0. The van der Waals surface area contributed by atoms with Crippen molar-refractivity contribution in [2.75, 3.05) is 0 Å². The molecular weight excluding hydrogens is 1100 g/mol. The van der Waals surface area contributed by atoms with Crippen molar-refractivity contribution in [1.82, 2.24) is 0 Å². The van der Waals surface area contributed by atoms with Crippen molar-refractivity contribution in [1.29, 1.82) is 0 Å². The van der Waals surface area contributed by atoms with Crippen LogP contribution in [0.5, 0.6) is 0 Å². The molecule has 0 aromatic heterocycles. The van der Waals surface area contributed by atoms with Crippen LogP contribution in [0.2, 0.25) is 0 Å². The van der Waals surface area contributed by atoms with Gasteiger partial charge in [-0.2, -0.15) is 0 Å². The second-order valence-corrected chi connectivity index (χ2v) is 13.9. The Balaban J connectivity index is 1.62. The van der Waals surface area contributed by atoms with Gasteiger partial charge in [0.1, 0.15) is 11.6 Å². The van der Waals surface area contributed by atoms with E-state index in [4.69, 9.17) is 0 Å². The van der Waals surface area contributed by atoms with Crippen molar-refractivity contribution in [3.63, 3.8) is 0 Å². The Kier molecular flexibility index (Phi) is 9.60. The number of rotatable bonds is 4. The number of hydrogen-bond acceptors (Lipinski definition) is 0. The molecule has 0 aliphatic rings. The minimum Gasteiger partial charge on any atom is -0.206 e. The highest BCUT2D eigenvalue weighted by Crippen LogP contribution is 2.35. The Labute approximate surface area is 273 Å². The zero-order valence-electron chi connectivity index (χ0n) is 16.5. The second-order valence-electron chi connectivity index (χ2n) is 7.25. The average molecular weight is 1110 g/mol. The van der Waals surface area contributed by atoms with Gasteiger partial charge < -0.3 is 0 Å². The molecule has 4 rings (SSSR count). The van der Waals surface area contributed by atoms with Gasteiger partial charge in [0.15, 0.2) is 0 Å². The van der Waals surface area contributed by atoms with Crippen molar-refractivity contribution in [2.24, 2.45) is 0 Å². The first-order chi connectivity index (χ1) is 15.7. The zero-order valence-corrected chi connectivity index (χ0v) is 29.4. The molecule has 4 aromatic carbocycles. The third-order valence-corrected chi connectivity index (χ3v) is 13.3. The van der Waals surface area contributed by atoms with Crippen LogP contribution in [-0.2, 0) is 6.42 Å². The third-order valence-electron chi connectivity index (χ3n) is 5.13. The fourth-order valence-corrected chi connectivity index (χ4v) is 7.61. The maximum atomic E-state index is 13.9. The van der Waals surface area contributed by atoms with Gasteiger partial charge in [-0.25, -0.2) is 8.78 Å². The maximum absolute atomic E-state index is 13.9. The van der Waals surface area contributed by atoms with Crippen molar-refractivity contribution in [2.45, 2.75) is 6.42 Å². The van der Waals surface area contributed by atoms with Crippen LogP contribution >= 0.6 is 136 Å². The van der Waals surface area contributed by atoms with Gasteiger partial charge in [-0.05, 0) is 200 Å². The molecule has 0 N–H and O–H groups in total. The van der Waals surface area contributed by atoms with Crippen molar-refractivity contribution in [3.05, 3.63) is 105 Å². The Hall–Kier alpha value is 1.12. The fraction of sp³-hybridized carbons (Fsp3) is 0.0400. The number of halogens is 8. The van der Waals surface area contributed by atoms with E-state index in [0.717, 1.165) is 43.0 Å². The quantitative estimate of drug-likeness (QED) is 0.141. The van der Waals surface area contributed by atoms with E-state index in [1.54, 1.807) is 0 Å². The van der Waals surface area contributed by atoms with Crippen molar-refractivity contribution in [3.8, 4) is 22.3 Å². The lowest BCUT2D eigenvalue weighted by molar-refractivity contribution is 0.619. The van der Waals surface area contributed by atoms with E-state index >= 15 is 0 Å². The van der Waals surface area contributed by atoms with E-state index in [2.05, 4.69) is 172 Å². The van der Waals surface area contributed by atoms with E-state index in [1.165, 1.54) is 23.3 Å². The lowest BCUT2D eigenvalue weighted by Crippen LogP contribution is -1.96. The molecular formula is C25H12F2I6. The highest BCUT2D eigenvalue weighted by molar-refractivity contribution is 14.1. The molecule has 0 heterocycles. The van der Waals surface area contributed by atoms with Crippen LogP contribution in [0.3, 0.4) is 0 Å². The highest BCUT2D eigenvalue weighted by Gasteiger charge is 2.15. The Morgan fingerprint density at radius 3 is 1.18 bits per heavy atom. The minimum absolute atomic E-state index is 0.182. The summed E-state index contributed by atoms with van der Waals surface area (Å²) in [5.41, 5.74) is 6.80. The summed E-state index contributed by atoms with van der Waals surface area (Å²) in [6.07, 6.45) is 0.822. The van der Waals surface area contributed by atoms with Gasteiger partial charge in [0.25, 0.3) is 0 Å². The van der Waals surface area contributed by atoms with Gasteiger partial charge in [0, 0.05) is 14.3 Å². The van der Waals surface area contributed by atoms with Gasteiger partial charge in [-0.3, -0.25) is 0 Å². The molecule has 0 spiro atoms. The van der Waals surface area contributed by atoms with E-state index in [0.29, 0.717) is 7.14 Å². The first-order valence-electron chi connectivity index (χ1n) is 9.52. The molecule has 4 aromatic rings. The van der Waals surface area contributed by atoms with E-state index in [9.17, 15) is 8.78 Å². The molecule has 8 heteroatoms. The normalized spacial score (nSPS) is 11.2. The summed E-state index contributed by atoms with van der Waals surface area (Å²) >= 11 is 13.3. The van der Waals surface area contributed by atoms with Crippen LogP contribution < -0.4 is 0 Å². The molecule has 0 saturated carbocycles. The summed E-state index contributed by atoms with van der Waals surface area (Å²) < 4.78 is 33.2. The largest absolute Gasteiger partial charge is 0.206 e. The van der Waals surface area contributed by atoms with Crippen LogP contribution in [0, 0.1) is 33.1 Å². The minimum atomic E-state index is -0.182. The molecule has 0 amide bonds. The number of hydrogen-bond donors (Lipinski definition) is 0. The van der Waals surface area contributed by atoms with Crippen LogP contribution in [0.25, 0.3) is 22.3 Å². The third kappa shape index (κ3) is 6.00. The summed E-state index contributed by atoms with van der Waals surface area (Å²) in [5.74, 6) is -0.364. The predicted molar refractivity (Wildman–Crippen MR) is 183 cm³/mol. The average Bonchev–Trinajstić information content (AvgIpc) is 2.78. The van der Waals surface area contributed by atoms with Crippen LogP contribution in [-0.4, -0.2) is 0 Å². The standard InChI is InChI=1S/C25H12F2I6/c26-18-7-5-16(22(30)24(18)32)14-3-1-12(10-20(14)28)9-13-2-4-15(21(29)11-13)17-6-8-19(27)25(33)23(17)31/h1-8,10-11H,9H2. The zero-order chi connectivity index (χ0) is 23.9. The Bertz CT molecular complexity index is 1280. The summed E-state index contributed by atoms with van der Waals surface area (Å²) in [4.78, 5) is 0. The summed E-state index contributed by atoms with van der Waals surface area (Å²) in [7, 11) is 0. The molecule has 0 saturated heterocycles. The van der Waals surface area contributed by atoms with E-state index in [1.807, 2.05) is 12.1 Å². The molecule has 0 bridgehead atoms. The first kappa shape index (κ1) is 27.2. The maximum Gasteiger partial charge on any atom is 0.137 e. The molecule has 0 aliphatic carbocycles. The van der Waals surface area contributed by atoms with Crippen LogP contribution in [0.1, 0.15) is 11.1 Å². The van der Waals surface area contributed by atoms with Gasteiger partial charge in [0.05, 0.1) is 7.14 Å². The molecule has 0 atom stereocenters. The topological polar surface area (TPSA) is 0 Å². The summed E-state index contributed by atoms with van der Waals surface area (Å²) in [5, 5.41) is 0. The molecule has 33 heavy (non-hydrogen) atoms. The fourth-order valence-electron chi connectivity index (χ4n) is 3.48. The monoisotopic (exact) mass is 1110 g/mol. The summed E-state index contributed by atoms with van der Waals surface area (Å²) in [6, 6.07) is 19.8. The molecule has 168 valence electrons. The Morgan fingerprint density at radius 1 is 0.455 bits per heavy atom. The second kappa shape index (κ2) is 11.7. The predicted octanol–water partition coefficient (Wildman–Crippen LogP) is 10.5.